The first-order valence-electron chi connectivity index (χ1n) is 12.8. The maximum Gasteiger partial charge on any atom is 0.304 e. The number of hydrogen-bond acceptors (Lipinski definition) is 7. The summed E-state index contributed by atoms with van der Waals surface area (Å²) >= 11 is 0. The Labute approximate surface area is 212 Å². The first kappa shape index (κ1) is 27.6. The summed E-state index contributed by atoms with van der Waals surface area (Å²) in [7, 11) is 1.55. The Kier molecular flexibility index (Phi) is 10.7. The number of nitrogens with zero attached hydrogens (tertiary/aromatic N) is 2. The molecule has 2 saturated heterocycles. The molecule has 3 amide bonds. The molecule has 1 aromatic rings. The van der Waals surface area contributed by atoms with Crippen molar-refractivity contribution in [1.29, 1.82) is 0 Å². The minimum Gasteiger partial charge on any atom is -0.497 e. The zero-order valence-electron chi connectivity index (χ0n) is 21.0. The van der Waals surface area contributed by atoms with Crippen LogP contribution < -0.4 is 15.5 Å². The minimum absolute atomic E-state index is 0.0264. The lowest BCUT2D eigenvalue weighted by atomic mass is 9.92. The number of likely N-dealkylation sites (tertiary alicyclic amines) is 1. The molecule has 1 aromatic carbocycles. The highest BCUT2D eigenvalue weighted by atomic mass is 16.5. The van der Waals surface area contributed by atoms with E-state index in [4.69, 9.17) is 9.84 Å². The summed E-state index contributed by atoms with van der Waals surface area (Å²) in [4.78, 5) is 52.1. The largest absolute Gasteiger partial charge is 0.497 e. The lowest BCUT2D eigenvalue weighted by Crippen LogP contribution is -2.54. The number of hydrazine groups is 1. The Morgan fingerprint density at radius 2 is 1.83 bits per heavy atom. The lowest BCUT2D eigenvalue weighted by molar-refractivity contribution is -0.154. The van der Waals surface area contributed by atoms with E-state index in [-0.39, 0.29) is 31.8 Å². The molecule has 36 heavy (non-hydrogen) atoms. The fourth-order valence-corrected chi connectivity index (χ4v) is 4.80. The van der Waals surface area contributed by atoms with E-state index < -0.39 is 23.7 Å². The Morgan fingerprint density at radius 3 is 2.50 bits per heavy atom. The van der Waals surface area contributed by atoms with Crippen LogP contribution in [0.2, 0.25) is 0 Å². The van der Waals surface area contributed by atoms with E-state index in [1.807, 2.05) is 0 Å². The Morgan fingerprint density at radius 1 is 1.11 bits per heavy atom. The van der Waals surface area contributed by atoms with Crippen LogP contribution in [0.25, 0.3) is 0 Å². The predicted molar refractivity (Wildman–Crippen MR) is 133 cm³/mol. The molecule has 0 aromatic heterocycles. The molecule has 2 aliphatic heterocycles. The van der Waals surface area contributed by atoms with Crippen LogP contribution in [0.1, 0.15) is 50.5 Å². The van der Waals surface area contributed by atoms with Crippen molar-refractivity contribution in [3.63, 3.8) is 0 Å². The number of carboxylic acid groups (broad SMARTS) is 1. The molecule has 0 saturated carbocycles. The summed E-state index contributed by atoms with van der Waals surface area (Å²) in [6, 6.07) is 6.97. The van der Waals surface area contributed by atoms with Crippen LogP contribution in [-0.4, -0.2) is 78.5 Å². The monoisotopic (exact) mass is 502 g/mol. The number of carbonyl (C=O) groups is 4. The minimum atomic E-state index is -1.03. The number of carbonyl (C=O) groups excluding carboxylic acids is 3. The molecular formula is C26H38N4O6. The molecule has 2 heterocycles. The van der Waals surface area contributed by atoms with Crippen molar-refractivity contribution in [2.24, 2.45) is 11.8 Å². The third-order valence-corrected chi connectivity index (χ3v) is 6.94. The number of amides is 3. The number of rotatable bonds is 11. The van der Waals surface area contributed by atoms with Gasteiger partial charge in [0.05, 0.1) is 25.9 Å². The molecule has 0 bridgehead atoms. The molecular weight excluding hydrogens is 464 g/mol. The number of ether oxygens (including phenoxy) is 1. The molecule has 10 heteroatoms. The normalized spacial score (nSPS) is 18.5. The number of benzene rings is 1. The van der Waals surface area contributed by atoms with Crippen LogP contribution in [0.5, 0.6) is 5.75 Å². The van der Waals surface area contributed by atoms with Gasteiger partial charge in [-0.05, 0) is 68.8 Å². The number of imide groups is 1. The Bertz CT molecular complexity index is 900. The molecule has 3 N–H and O–H groups in total. The number of nitrogens with one attached hydrogen (secondary N) is 2. The number of aliphatic carboxylic acids is 1. The average molecular weight is 503 g/mol. The van der Waals surface area contributed by atoms with Crippen LogP contribution in [0.4, 0.5) is 0 Å². The third-order valence-electron chi connectivity index (χ3n) is 6.94. The van der Waals surface area contributed by atoms with Crippen molar-refractivity contribution in [2.75, 3.05) is 39.8 Å². The zero-order valence-corrected chi connectivity index (χ0v) is 21.0. The van der Waals surface area contributed by atoms with E-state index in [1.54, 1.807) is 36.3 Å². The Balaban J connectivity index is 1.61. The molecule has 0 spiro atoms. The summed E-state index contributed by atoms with van der Waals surface area (Å²) < 4.78 is 5.14. The van der Waals surface area contributed by atoms with E-state index in [9.17, 15) is 19.2 Å². The van der Waals surface area contributed by atoms with Gasteiger partial charge in [-0.2, -0.15) is 0 Å². The molecule has 0 aliphatic carbocycles. The summed E-state index contributed by atoms with van der Waals surface area (Å²) in [5.41, 5.74) is 3.43. The summed E-state index contributed by atoms with van der Waals surface area (Å²) in [5, 5.41) is 13.3. The second-order valence-electron chi connectivity index (χ2n) is 9.56. The van der Waals surface area contributed by atoms with Crippen LogP contribution in [0.3, 0.4) is 0 Å². The van der Waals surface area contributed by atoms with Crippen LogP contribution in [-0.2, 0) is 25.6 Å². The van der Waals surface area contributed by atoms with Crippen molar-refractivity contribution in [3.8, 4) is 5.75 Å². The van der Waals surface area contributed by atoms with Gasteiger partial charge in [-0.15, -0.1) is 0 Å². The molecule has 0 radical (unpaired) electrons. The standard InChI is InChI=1S/C26H38N4O6/c1-36-22-7-4-20(5-8-22)17-24(32)30(28-15-12-25(33)34)26(35)21-3-2-16-29(18-21)23(31)9-6-19-10-13-27-14-11-19/h4-5,7-8,19,21,27-28H,2-3,6,9-18H2,1H3,(H,33,34)/t21-/m1/s1. The molecule has 2 fully saturated rings. The third kappa shape index (κ3) is 8.30. The van der Waals surface area contributed by atoms with Gasteiger partial charge < -0.3 is 20.1 Å². The van der Waals surface area contributed by atoms with E-state index >= 15 is 0 Å². The summed E-state index contributed by atoms with van der Waals surface area (Å²) in [6.45, 7) is 2.82. The van der Waals surface area contributed by atoms with Crippen molar-refractivity contribution in [1.82, 2.24) is 20.7 Å². The maximum atomic E-state index is 13.4. The molecule has 10 nitrogen and oxygen atoms in total. The highest BCUT2D eigenvalue weighted by molar-refractivity contribution is 5.97. The van der Waals surface area contributed by atoms with Gasteiger partial charge in [-0.1, -0.05) is 12.1 Å². The topological polar surface area (TPSA) is 128 Å². The highest BCUT2D eigenvalue weighted by Gasteiger charge is 2.34. The van der Waals surface area contributed by atoms with E-state index in [0.29, 0.717) is 43.0 Å². The number of carboxylic acids is 1. The smallest absolute Gasteiger partial charge is 0.304 e. The van der Waals surface area contributed by atoms with Crippen LogP contribution in [0, 0.1) is 11.8 Å². The van der Waals surface area contributed by atoms with Gasteiger partial charge in [0.2, 0.25) is 17.7 Å². The highest BCUT2D eigenvalue weighted by Crippen LogP contribution is 2.23. The molecule has 1 atom stereocenters. The van der Waals surface area contributed by atoms with Gasteiger partial charge in [0.15, 0.2) is 0 Å². The first-order chi connectivity index (χ1) is 17.4. The van der Waals surface area contributed by atoms with Crippen molar-refractivity contribution in [3.05, 3.63) is 29.8 Å². The SMILES string of the molecule is COc1ccc(CC(=O)N(NCCC(=O)O)C(=O)[C@@H]2CCCN(C(=O)CCC3CCNCC3)C2)cc1. The molecule has 2 aliphatic rings. The van der Waals surface area contributed by atoms with Gasteiger partial charge in [0.25, 0.3) is 0 Å². The second kappa shape index (κ2) is 13.9. The fraction of sp³-hybridized carbons (Fsp3) is 0.615. The first-order valence-corrected chi connectivity index (χ1v) is 12.8. The van der Waals surface area contributed by atoms with Crippen LogP contribution >= 0.6 is 0 Å². The second-order valence-corrected chi connectivity index (χ2v) is 9.56. The molecule has 0 unspecified atom stereocenters. The Hall–Kier alpha value is -2.98. The van der Waals surface area contributed by atoms with E-state index in [2.05, 4.69) is 10.7 Å². The lowest BCUT2D eigenvalue weighted by Gasteiger charge is -2.35. The van der Waals surface area contributed by atoms with Crippen LogP contribution in [0.15, 0.2) is 24.3 Å². The fourth-order valence-electron chi connectivity index (χ4n) is 4.80. The van der Waals surface area contributed by atoms with Gasteiger partial charge >= 0.3 is 5.97 Å². The predicted octanol–water partition coefficient (Wildman–Crippen LogP) is 1.59. The van der Waals surface area contributed by atoms with Gasteiger partial charge in [0, 0.05) is 26.1 Å². The van der Waals surface area contributed by atoms with Crippen molar-refractivity contribution < 1.29 is 29.0 Å². The summed E-state index contributed by atoms with van der Waals surface area (Å²) in [6.07, 6.45) is 4.51. The maximum absolute atomic E-state index is 13.4. The van der Waals surface area contributed by atoms with E-state index in [1.165, 1.54) is 0 Å². The number of hydrogen-bond donors (Lipinski definition) is 3. The van der Waals surface area contributed by atoms with Gasteiger partial charge in [-0.3, -0.25) is 19.2 Å². The average Bonchev–Trinajstić information content (AvgIpc) is 2.90. The van der Waals surface area contributed by atoms with Gasteiger partial charge in [-0.25, -0.2) is 10.4 Å². The number of piperidine rings is 2. The molecule has 3 rings (SSSR count). The van der Waals surface area contributed by atoms with Gasteiger partial charge in [0.1, 0.15) is 5.75 Å². The quantitative estimate of drug-likeness (QED) is 0.389. The molecule has 198 valence electrons. The zero-order chi connectivity index (χ0) is 25.9. The number of methoxy groups -OCH3 is 1. The van der Waals surface area contributed by atoms with Crippen molar-refractivity contribution >= 4 is 23.7 Å². The van der Waals surface area contributed by atoms with Crippen molar-refractivity contribution in [2.45, 2.75) is 51.4 Å². The van der Waals surface area contributed by atoms with E-state index in [0.717, 1.165) is 37.4 Å². The summed E-state index contributed by atoms with van der Waals surface area (Å²) in [5.74, 6) is -1.16.